The lowest BCUT2D eigenvalue weighted by Gasteiger charge is -2.16. The zero-order chi connectivity index (χ0) is 21.0. The van der Waals surface area contributed by atoms with Gasteiger partial charge in [-0.05, 0) is 70.6 Å². The van der Waals surface area contributed by atoms with Crippen molar-refractivity contribution < 1.29 is 19.1 Å². The van der Waals surface area contributed by atoms with E-state index in [2.05, 4.69) is 36.5 Å². The van der Waals surface area contributed by atoms with E-state index in [1.807, 2.05) is 0 Å². The van der Waals surface area contributed by atoms with Gasteiger partial charge in [0.15, 0.2) is 0 Å². The number of fused-ring (bicyclic) bond motifs is 1. The number of carbonyl (C=O) groups is 2. The van der Waals surface area contributed by atoms with Crippen LogP contribution in [0.4, 0.5) is 0 Å². The topological polar surface area (TPSA) is 52.6 Å². The Morgan fingerprint density at radius 1 is 0.889 bits per heavy atom. The van der Waals surface area contributed by atoms with Crippen LogP contribution in [0.2, 0.25) is 0 Å². The molecule has 0 radical (unpaired) electrons. The van der Waals surface area contributed by atoms with Crippen LogP contribution in [0.25, 0.3) is 0 Å². The average molecular weight is 381 g/mol. The number of hydrogen-bond acceptors (Lipinski definition) is 4. The summed E-state index contributed by atoms with van der Waals surface area (Å²) in [6.45, 7) is 19.3. The van der Waals surface area contributed by atoms with Gasteiger partial charge < -0.3 is 9.47 Å². The van der Waals surface area contributed by atoms with Gasteiger partial charge in [0.25, 0.3) is 0 Å². The minimum atomic E-state index is -0.312. The Kier molecular flexibility index (Phi) is 12.8. The molecule has 2 rings (SSSR count). The van der Waals surface area contributed by atoms with Gasteiger partial charge in [-0.25, -0.2) is 9.59 Å². The monoisotopic (exact) mass is 380 g/mol. The molecule has 4 unspecified atom stereocenters. The van der Waals surface area contributed by atoms with Crippen LogP contribution in [-0.4, -0.2) is 25.2 Å². The van der Waals surface area contributed by atoms with Crippen molar-refractivity contribution in [2.45, 2.75) is 73.6 Å². The number of carbonyl (C=O) groups excluding carboxylic acids is 2. The molecule has 0 spiro atoms. The maximum Gasteiger partial charge on any atom is 0.333 e. The molecule has 4 atom stereocenters. The average Bonchev–Trinajstić information content (AvgIpc) is 3.20. The van der Waals surface area contributed by atoms with Gasteiger partial charge >= 0.3 is 11.9 Å². The third-order valence-corrected chi connectivity index (χ3v) is 5.41. The van der Waals surface area contributed by atoms with Crippen LogP contribution in [0.15, 0.2) is 24.3 Å². The number of hydrogen-bond donors (Lipinski definition) is 0. The molecule has 2 aliphatic rings. The van der Waals surface area contributed by atoms with Crippen molar-refractivity contribution in [1.82, 2.24) is 0 Å². The van der Waals surface area contributed by atoms with Crippen molar-refractivity contribution in [3.05, 3.63) is 24.3 Å². The van der Waals surface area contributed by atoms with E-state index in [-0.39, 0.29) is 11.9 Å². The predicted octanol–water partition coefficient (Wildman–Crippen LogP) is 5.72. The quantitative estimate of drug-likeness (QED) is 0.452. The molecule has 2 saturated carbocycles. The molecule has 4 nitrogen and oxygen atoms in total. The largest absolute Gasteiger partial charge is 0.463 e. The Morgan fingerprint density at radius 2 is 1.33 bits per heavy atom. The van der Waals surface area contributed by atoms with Gasteiger partial charge in [0.1, 0.15) is 0 Å². The van der Waals surface area contributed by atoms with Gasteiger partial charge in [0, 0.05) is 11.1 Å². The fourth-order valence-electron chi connectivity index (χ4n) is 4.11. The van der Waals surface area contributed by atoms with Crippen molar-refractivity contribution in [2.75, 3.05) is 13.2 Å². The van der Waals surface area contributed by atoms with E-state index in [4.69, 9.17) is 0 Å². The minimum absolute atomic E-state index is 0.312. The predicted molar refractivity (Wildman–Crippen MR) is 111 cm³/mol. The van der Waals surface area contributed by atoms with Crippen molar-refractivity contribution in [3.8, 4) is 0 Å². The third-order valence-electron chi connectivity index (χ3n) is 5.41. The molecule has 0 aromatic carbocycles. The Morgan fingerprint density at radius 3 is 1.67 bits per heavy atom. The van der Waals surface area contributed by atoms with Crippen LogP contribution in [0.1, 0.15) is 73.6 Å². The van der Waals surface area contributed by atoms with E-state index in [0.29, 0.717) is 24.4 Å². The lowest BCUT2D eigenvalue weighted by atomic mass is 9.90. The zero-order valence-electron chi connectivity index (χ0n) is 18.3. The molecule has 156 valence electrons. The van der Waals surface area contributed by atoms with Gasteiger partial charge in [0.05, 0.1) is 13.2 Å². The van der Waals surface area contributed by atoms with Crippen LogP contribution >= 0.6 is 0 Å². The van der Waals surface area contributed by atoms with Crippen LogP contribution in [-0.2, 0) is 19.1 Å². The summed E-state index contributed by atoms with van der Waals surface area (Å²) >= 11 is 0. The highest BCUT2D eigenvalue weighted by molar-refractivity contribution is 5.87. The highest BCUT2D eigenvalue weighted by Gasteiger charge is 2.42. The van der Waals surface area contributed by atoms with Gasteiger partial charge in [-0.3, -0.25) is 0 Å². The van der Waals surface area contributed by atoms with E-state index >= 15 is 0 Å². The molecule has 0 heterocycles. The molecule has 0 N–H and O–H groups in total. The van der Waals surface area contributed by atoms with Crippen LogP contribution in [0.3, 0.4) is 0 Å². The van der Waals surface area contributed by atoms with Gasteiger partial charge in [-0.2, -0.15) is 0 Å². The first kappa shape index (κ1) is 25.4. The molecule has 4 heteroatoms. The van der Waals surface area contributed by atoms with Crippen molar-refractivity contribution >= 4 is 11.9 Å². The third kappa shape index (κ3) is 9.25. The molecule has 27 heavy (non-hydrogen) atoms. The molecule has 0 bridgehead atoms. The fourth-order valence-corrected chi connectivity index (χ4v) is 4.11. The first-order chi connectivity index (χ1) is 12.7. The molecule has 0 aromatic rings. The molecule has 0 aliphatic heterocycles. The summed E-state index contributed by atoms with van der Waals surface area (Å²) in [6, 6.07) is 0. The van der Waals surface area contributed by atoms with Crippen LogP contribution in [0, 0.1) is 23.7 Å². The lowest BCUT2D eigenvalue weighted by Crippen LogP contribution is -2.08. The van der Waals surface area contributed by atoms with Gasteiger partial charge in [-0.15, -0.1) is 0 Å². The summed E-state index contributed by atoms with van der Waals surface area (Å²) in [6.07, 6.45) is 7.59. The van der Waals surface area contributed by atoms with E-state index in [1.165, 1.54) is 19.3 Å². The highest BCUT2D eigenvalue weighted by Crippen LogP contribution is 2.51. The first-order valence-corrected chi connectivity index (χ1v) is 10.3. The van der Waals surface area contributed by atoms with Crippen molar-refractivity contribution in [1.29, 1.82) is 0 Å². The summed E-state index contributed by atoms with van der Waals surface area (Å²) in [4.78, 5) is 20.8. The molecular formula is C23H40O4. The van der Waals surface area contributed by atoms with Crippen LogP contribution in [0.5, 0.6) is 0 Å². The molecule has 0 amide bonds. The zero-order valence-corrected chi connectivity index (χ0v) is 18.3. The second-order valence-electron chi connectivity index (χ2n) is 7.64. The first-order valence-electron chi connectivity index (χ1n) is 10.3. The second-order valence-corrected chi connectivity index (χ2v) is 7.64. The van der Waals surface area contributed by atoms with Crippen LogP contribution < -0.4 is 0 Å². The second kappa shape index (κ2) is 13.6. The van der Waals surface area contributed by atoms with Gasteiger partial charge in [-0.1, -0.05) is 39.8 Å². The Bertz CT molecular complexity index is 467. The number of ether oxygens (including phenoxy) is 2. The van der Waals surface area contributed by atoms with Crippen molar-refractivity contribution in [3.63, 3.8) is 0 Å². The van der Waals surface area contributed by atoms with Gasteiger partial charge in [0.2, 0.25) is 0 Å². The normalized spacial score (nSPS) is 25.1. The molecule has 2 aliphatic carbocycles. The highest BCUT2D eigenvalue weighted by atomic mass is 16.5. The Balaban J connectivity index is 0.000000387. The minimum Gasteiger partial charge on any atom is -0.463 e. The molecule has 0 saturated heterocycles. The van der Waals surface area contributed by atoms with Crippen molar-refractivity contribution in [2.24, 2.45) is 23.7 Å². The molecular weight excluding hydrogens is 340 g/mol. The summed E-state index contributed by atoms with van der Waals surface area (Å²) in [5, 5.41) is 0. The fraction of sp³-hybridized carbons (Fsp3) is 0.739. The SMILES string of the molecule is C=C(C)C(=O)OCC.C=C(C)C(=O)OCC.CCC1CC(C)C2CCCC12. The van der Waals surface area contributed by atoms with E-state index < -0.39 is 0 Å². The smallest absolute Gasteiger partial charge is 0.333 e. The molecule has 2 fully saturated rings. The Labute approximate surface area is 166 Å². The lowest BCUT2D eigenvalue weighted by molar-refractivity contribution is -0.139. The summed E-state index contributed by atoms with van der Waals surface area (Å²) in [5.41, 5.74) is 0.902. The summed E-state index contributed by atoms with van der Waals surface area (Å²) < 4.78 is 9.13. The van der Waals surface area contributed by atoms with E-state index in [0.717, 1.165) is 23.7 Å². The maximum absolute atomic E-state index is 10.4. The molecule has 0 aromatic heterocycles. The summed E-state index contributed by atoms with van der Waals surface area (Å²) in [5.74, 6) is 3.78. The standard InChI is InChI=1S/C11H20.2C6H10O2/c1-3-9-7-8(2)10-5-4-6-11(9)10;2*1-4-8-6(7)5(2)3/h8-11H,3-7H2,1-2H3;2*2,4H2,1,3H3. The van der Waals surface area contributed by atoms with E-state index in [1.54, 1.807) is 40.5 Å². The summed E-state index contributed by atoms with van der Waals surface area (Å²) in [7, 11) is 0. The maximum atomic E-state index is 10.4. The number of rotatable bonds is 5. The Hall–Kier alpha value is -1.58. The number of esters is 2. The van der Waals surface area contributed by atoms with E-state index in [9.17, 15) is 9.59 Å².